The molecule has 0 bridgehead atoms. The van der Waals surface area contributed by atoms with Crippen molar-refractivity contribution in [2.75, 3.05) is 10.6 Å². The molecule has 2 N–H and O–H groups in total. The van der Waals surface area contributed by atoms with Crippen LogP contribution in [-0.2, 0) is 9.59 Å². The Morgan fingerprint density at radius 3 is 1.38 bits per heavy atom. The predicted molar refractivity (Wildman–Crippen MR) is 84.6 cm³/mol. The van der Waals surface area contributed by atoms with Gasteiger partial charge in [0.2, 0.25) is 0 Å². The van der Waals surface area contributed by atoms with E-state index in [1.165, 1.54) is 0 Å². The van der Waals surface area contributed by atoms with Crippen LogP contribution in [0.1, 0.15) is 0 Å². The van der Waals surface area contributed by atoms with Crippen molar-refractivity contribution < 1.29 is 9.59 Å². The highest BCUT2D eigenvalue weighted by atomic mass is 35.5. The molecule has 108 valence electrons. The topological polar surface area (TPSA) is 58.2 Å². The summed E-state index contributed by atoms with van der Waals surface area (Å²) in [6, 6.07) is 17.2. The van der Waals surface area contributed by atoms with Crippen molar-refractivity contribution in [2.45, 2.75) is 4.33 Å². The molecule has 0 heterocycles. The highest BCUT2D eigenvalue weighted by Crippen LogP contribution is 2.25. The quantitative estimate of drug-likeness (QED) is 0.669. The minimum atomic E-state index is -2.23. The van der Waals surface area contributed by atoms with Crippen LogP contribution in [0.5, 0.6) is 0 Å². The zero-order chi connectivity index (χ0) is 15.3. The lowest BCUT2D eigenvalue weighted by Crippen LogP contribution is -2.43. The molecule has 0 radical (unpaired) electrons. The number of halogens is 2. The number of hydrogen-bond donors (Lipinski definition) is 2. The largest absolute Gasteiger partial charge is 0.323 e. The molecule has 0 fully saturated rings. The second-order valence-electron chi connectivity index (χ2n) is 4.21. The van der Waals surface area contributed by atoms with Crippen molar-refractivity contribution in [2.24, 2.45) is 0 Å². The molecular formula is C15H12Cl2N2O2. The maximum absolute atomic E-state index is 12.0. The second kappa shape index (κ2) is 6.61. The number of nitrogens with one attached hydrogen (secondary N) is 2. The Kier molecular flexibility index (Phi) is 4.83. The fourth-order valence-electron chi connectivity index (χ4n) is 1.57. The summed E-state index contributed by atoms with van der Waals surface area (Å²) >= 11 is 11.8. The summed E-state index contributed by atoms with van der Waals surface area (Å²) < 4.78 is -2.23. The molecule has 0 unspecified atom stereocenters. The van der Waals surface area contributed by atoms with E-state index in [4.69, 9.17) is 23.2 Å². The van der Waals surface area contributed by atoms with Crippen LogP contribution in [0.4, 0.5) is 11.4 Å². The number of para-hydroxylation sites is 2. The average Bonchev–Trinajstić information content (AvgIpc) is 2.49. The van der Waals surface area contributed by atoms with Crippen molar-refractivity contribution >= 4 is 46.4 Å². The third-order valence-electron chi connectivity index (χ3n) is 2.63. The maximum Gasteiger partial charge on any atom is 0.274 e. The van der Waals surface area contributed by atoms with Crippen molar-refractivity contribution in [1.82, 2.24) is 0 Å². The molecule has 2 aromatic carbocycles. The normalized spacial score (nSPS) is 10.8. The van der Waals surface area contributed by atoms with E-state index in [2.05, 4.69) is 10.6 Å². The van der Waals surface area contributed by atoms with E-state index in [9.17, 15) is 9.59 Å². The molecule has 4 nitrogen and oxygen atoms in total. The van der Waals surface area contributed by atoms with Crippen LogP contribution in [-0.4, -0.2) is 16.1 Å². The molecule has 0 aliphatic carbocycles. The first-order valence-electron chi connectivity index (χ1n) is 6.11. The molecule has 0 saturated heterocycles. The van der Waals surface area contributed by atoms with Crippen LogP contribution in [0.2, 0.25) is 0 Å². The first kappa shape index (κ1) is 15.4. The van der Waals surface area contributed by atoms with Gasteiger partial charge in [0.15, 0.2) is 0 Å². The summed E-state index contributed by atoms with van der Waals surface area (Å²) in [6.45, 7) is 0. The Hall–Kier alpha value is -2.04. The Balaban J connectivity index is 2.06. The molecule has 0 saturated carbocycles. The zero-order valence-corrected chi connectivity index (χ0v) is 12.4. The third-order valence-corrected chi connectivity index (χ3v) is 3.32. The van der Waals surface area contributed by atoms with Gasteiger partial charge in [0.1, 0.15) is 0 Å². The molecule has 2 amide bonds. The standard InChI is InChI=1S/C15H12Cl2N2O2/c16-15(17,13(20)18-11-7-3-1-4-8-11)14(21)19-12-9-5-2-6-10-12/h1-10H,(H,18,20)(H,19,21). The van der Waals surface area contributed by atoms with Gasteiger partial charge in [-0.3, -0.25) is 9.59 Å². The molecule has 2 rings (SSSR count). The van der Waals surface area contributed by atoms with Crippen LogP contribution < -0.4 is 10.6 Å². The number of carbonyl (C=O) groups is 2. The number of amides is 2. The Labute approximate surface area is 132 Å². The van der Waals surface area contributed by atoms with Crippen LogP contribution in [0.25, 0.3) is 0 Å². The Morgan fingerprint density at radius 1 is 0.714 bits per heavy atom. The van der Waals surface area contributed by atoms with Crippen LogP contribution in [0.15, 0.2) is 60.7 Å². The molecule has 6 heteroatoms. The fourth-order valence-corrected chi connectivity index (χ4v) is 1.75. The van der Waals surface area contributed by atoms with Gasteiger partial charge in [0, 0.05) is 11.4 Å². The van der Waals surface area contributed by atoms with Crippen molar-refractivity contribution in [1.29, 1.82) is 0 Å². The first-order chi connectivity index (χ1) is 10.00. The highest BCUT2D eigenvalue weighted by Gasteiger charge is 2.42. The van der Waals surface area contributed by atoms with Crippen LogP contribution >= 0.6 is 23.2 Å². The number of rotatable bonds is 4. The number of hydrogen-bond acceptors (Lipinski definition) is 2. The zero-order valence-electron chi connectivity index (χ0n) is 10.8. The lowest BCUT2D eigenvalue weighted by Gasteiger charge is -2.18. The SMILES string of the molecule is O=C(Nc1ccccc1)C(Cl)(Cl)C(=O)Nc1ccccc1. The van der Waals surface area contributed by atoms with Gasteiger partial charge in [-0.05, 0) is 24.3 Å². The van der Waals surface area contributed by atoms with E-state index >= 15 is 0 Å². The summed E-state index contributed by atoms with van der Waals surface area (Å²) in [7, 11) is 0. The van der Waals surface area contributed by atoms with Gasteiger partial charge < -0.3 is 10.6 Å². The Morgan fingerprint density at radius 2 is 1.05 bits per heavy atom. The maximum atomic E-state index is 12.0. The molecule has 0 aliphatic heterocycles. The predicted octanol–water partition coefficient (Wildman–Crippen LogP) is 3.44. The molecule has 2 aromatic rings. The van der Waals surface area contributed by atoms with Gasteiger partial charge in [-0.25, -0.2) is 0 Å². The summed E-state index contributed by atoms with van der Waals surface area (Å²) in [4.78, 5) is 24.1. The van der Waals surface area contributed by atoms with Crippen molar-refractivity contribution in [3.05, 3.63) is 60.7 Å². The van der Waals surface area contributed by atoms with Crippen molar-refractivity contribution in [3.63, 3.8) is 0 Å². The number of benzene rings is 2. The van der Waals surface area contributed by atoms with E-state index < -0.39 is 16.1 Å². The summed E-state index contributed by atoms with van der Waals surface area (Å²) in [6.07, 6.45) is 0. The van der Waals surface area contributed by atoms with E-state index in [1.54, 1.807) is 60.7 Å². The Bertz CT molecular complexity index is 575. The molecule has 0 atom stereocenters. The van der Waals surface area contributed by atoms with Gasteiger partial charge in [0.05, 0.1) is 0 Å². The molecule has 0 spiro atoms. The average molecular weight is 323 g/mol. The monoisotopic (exact) mass is 322 g/mol. The highest BCUT2D eigenvalue weighted by molar-refractivity contribution is 6.69. The summed E-state index contributed by atoms with van der Waals surface area (Å²) in [5.41, 5.74) is 1.00. The smallest absolute Gasteiger partial charge is 0.274 e. The van der Waals surface area contributed by atoms with Crippen LogP contribution in [0.3, 0.4) is 0 Å². The summed E-state index contributed by atoms with van der Waals surface area (Å²) in [5, 5.41) is 4.97. The first-order valence-corrected chi connectivity index (χ1v) is 6.86. The minimum absolute atomic E-state index is 0.501. The van der Waals surface area contributed by atoms with E-state index in [1.807, 2.05) is 0 Å². The number of anilines is 2. The lowest BCUT2D eigenvalue weighted by molar-refractivity contribution is -0.124. The van der Waals surface area contributed by atoms with Gasteiger partial charge in [-0.1, -0.05) is 59.6 Å². The van der Waals surface area contributed by atoms with Gasteiger partial charge in [-0.2, -0.15) is 0 Å². The van der Waals surface area contributed by atoms with E-state index in [0.717, 1.165) is 0 Å². The molecule has 21 heavy (non-hydrogen) atoms. The van der Waals surface area contributed by atoms with Crippen LogP contribution in [0, 0.1) is 0 Å². The third kappa shape index (κ3) is 3.97. The molecule has 0 aliphatic rings. The van der Waals surface area contributed by atoms with E-state index in [0.29, 0.717) is 11.4 Å². The fraction of sp³-hybridized carbons (Fsp3) is 0.0667. The van der Waals surface area contributed by atoms with Gasteiger partial charge >= 0.3 is 0 Å². The second-order valence-corrected chi connectivity index (χ2v) is 5.54. The van der Waals surface area contributed by atoms with Gasteiger partial charge in [-0.15, -0.1) is 0 Å². The number of alkyl halides is 2. The lowest BCUT2D eigenvalue weighted by atomic mass is 10.2. The van der Waals surface area contributed by atoms with Crippen molar-refractivity contribution in [3.8, 4) is 0 Å². The molecular weight excluding hydrogens is 311 g/mol. The molecule has 0 aromatic heterocycles. The summed E-state index contributed by atoms with van der Waals surface area (Å²) in [5.74, 6) is -1.63. The van der Waals surface area contributed by atoms with E-state index in [-0.39, 0.29) is 0 Å². The minimum Gasteiger partial charge on any atom is -0.323 e. The number of carbonyl (C=O) groups excluding carboxylic acids is 2. The van der Waals surface area contributed by atoms with Gasteiger partial charge in [0.25, 0.3) is 16.1 Å².